The van der Waals surface area contributed by atoms with Crippen LogP contribution >= 0.6 is 0 Å². The molecule has 0 saturated heterocycles. The minimum absolute atomic E-state index is 0.696. The average molecular weight is 639 g/mol. The predicted molar refractivity (Wildman–Crippen MR) is 207 cm³/mol. The lowest BCUT2D eigenvalue weighted by Crippen LogP contribution is -2.02. The quantitative estimate of drug-likeness (QED) is 0.188. The van der Waals surface area contributed by atoms with E-state index in [1.54, 1.807) is 0 Å². The van der Waals surface area contributed by atoms with Gasteiger partial charge in [0.1, 0.15) is 5.82 Å². The molecular weight excluding hydrogens is 609 g/mol. The number of rotatable bonds is 5. The number of para-hydroxylation sites is 2. The van der Waals surface area contributed by atoms with E-state index in [1.807, 2.05) is 24.3 Å². The maximum Gasteiger partial charge on any atom is 0.162 e. The van der Waals surface area contributed by atoms with Crippen molar-refractivity contribution in [1.29, 1.82) is 0 Å². The molecule has 0 fully saturated rings. The van der Waals surface area contributed by atoms with Crippen molar-refractivity contribution in [1.82, 2.24) is 19.1 Å². The highest BCUT2D eigenvalue weighted by Crippen LogP contribution is 2.42. The van der Waals surface area contributed by atoms with Crippen LogP contribution in [0.1, 0.15) is 0 Å². The lowest BCUT2D eigenvalue weighted by atomic mass is 10.1. The SMILES string of the molecule is c1ccc(-c2ccc(-n3c4ccccc4c4ccc5c(c6ccccc6n5-c5cc(-c6ccccc6)nc(-c6ccccc6)n5)c43)cc2)cc1. The Balaban J connectivity index is 1.28. The van der Waals surface area contributed by atoms with E-state index >= 15 is 0 Å². The molecule has 0 N–H and O–H groups in total. The van der Waals surface area contributed by atoms with Gasteiger partial charge in [0.25, 0.3) is 0 Å². The molecule has 0 spiro atoms. The predicted octanol–water partition coefficient (Wildman–Crippen LogP) is 11.7. The Kier molecular flexibility index (Phi) is 6.46. The first kappa shape index (κ1) is 28.3. The summed E-state index contributed by atoms with van der Waals surface area (Å²) < 4.78 is 4.74. The van der Waals surface area contributed by atoms with Gasteiger partial charge in [0, 0.05) is 44.4 Å². The van der Waals surface area contributed by atoms with Crippen molar-refractivity contribution in [2.24, 2.45) is 0 Å². The maximum atomic E-state index is 5.26. The Labute approximate surface area is 289 Å². The first-order valence-electron chi connectivity index (χ1n) is 16.9. The van der Waals surface area contributed by atoms with Crippen LogP contribution in [-0.4, -0.2) is 19.1 Å². The van der Waals surface area contributed by atoms with Gasteiger partial charge in [-0.05, 0) is 41.5 Å². The molecule has 0 atom stereocenters. The lowest BCUT2D eigenvalue weighted by molar-refractivity contribution is 1.05. The number of hydrogen-bond acceptors (Lipinski definition) is 2. The van der Waals surface area contributed by atoms with Crippen LogP contribution in [0.3, 0.4) is 0 Å². The molecule has 10 rings (SSSR count). The monoisotopic (exact) mass is 638 g/mol. The van der Waals surface area contributed by atoms with Crippen LogP contribution in [0.5, 0.6) is 0 Å². The first-order valence-corrected chi connectivity index (χ1v) is 16.9. The van der Waals surface area contributed by atoms with Gasteiger partial charge in [0.15, 0.2) is 5.82 Å². The van der Waals surface area contributed by atoms with Crippen LogP contribution in [0.4, 0.5) is 0 Å². The smallest absolute Gasteiger partial charge is 0.162 e. The van der Waals surface area contributed by atoms with Crippen LogP contribution in [0.15, 0.2) is 182 Å². The van der Waals surface area contributed by atoms with Gasteiger partial charge in [-0.1, -0.05) is 146 Å². The Hall–Kier alpha value is -6.78. The average Bonchev–Trinajstić information content (AvgIpc) is 3.72. The van der Waals surface area contributed by atoms with Crippen molar-refractivity contribution in [2.45, 2.75) is 0 Å². The van der Waals surface area contributed by atoms with Crippen molar-refractivity contribution in [3.63, 3.8) is 0 Å². The molecular formula is C46H30N4. The summed E-state index contributed by atoms with van der Waals surface area (Å²) in [5.74, 6) is 1.53. The number of benzene rings is 7. The Morgan fingerprint density at radius 3 is 1.62 bits per heavy atom. The second kappa shape index (κ2) is 11.4. The van der Waals surface area contributed by atoms with Crippen molar-refractivity contribution < 1.29 is 0 Å². The van der Waals surface area contributed by atoms with Gasteiger partial charge in [-0.15, -0.1) is 0 Å². The number of aromatic nitrogens is 4. The minimum Gasteiger partial charge on any atom is -0.309 e. The summed E-state index contributed by atoms with van der Waals surface area (Å²) in [6.45, 7) is 0. The molecule has 7 aromatic carbocycles. The zero-order chi connectivity index (χ0) is 33.0. The molecule has 0 unspecified atom stereocenters. The molecule has 3 heterocycles. The van der Waals surface area contributed by atoms with Crippen LogP contribution in [-0.2, 0) is 0 Å². The third-order valence-electron chi connectivity index (χ3n) is 9.75. The molecule has 4 nitrogen and oxygen atoms in total. The fraction of sp³-hybridized carbons (Fsp3) is 0. The van der Waals surface area contributed by atoms with Crippen LogP contribution in [0.25, 0.3) is 88.9 Å². The van der Waals surface area contributed by atoms with E-state index in [1.165, 1.54) is 43.7 Å². The maximum absolute atomic E-state index is 5.26. The largest absolute Gasteiger partial charge is 0.309 e. The van der Waals surface area contributed by atoms with Gasteiger partial charge in [-0.2, -0.15) is 0 Å². The van der Waals surface area contributed by atoms with Crippen LogP contribution in [0, 0.1) is 0 Å². The highest BCUT2D eigenvalue weighted by atomic mass is 15.1. The van der Waals surface area contributed by atoms with Gasteiger partial charge in [-0.25, -0.2) is 9.97 Å². The number of fused-ring (bicyclic) bond motifs is 7. The summed E-state index contributed by atoms with van der Waals surface area (Å²) in [7, 11) is 0. The van der Waals surface area contributed by atoms with Gasteiger partial charge < -0.3 is 4.57 Å². The molecule has 3 aromatic heterocycles. The molecule has 0 bridgehead atoms. The highest BCUT2D eigenvalue weighted by molar-refractivity contribution is 6.26. The van der Waals surface area contributed by atoms with E-state index in [9.17, 15) is 0 Å². The molecule has 4 heteroatoms. The fourth-order valence-corrected chi connectivity index (χ4v) is 7.48. The molecule has 0 aliphatic carbocycles. The van der Waals surface area contributed by atoms with Crippen LogP contribution < -0.4 is 0 Å². The van der Waals surface area contributed by atoms with Crippen molar-refractivity contribution in [3.8, 4) is 45.3 Å². The van der Waals surface area contributed by atoms with E-state index < -0.39 is 0 Å². The number of hydrogen-bond donors (Lipinski definition) is 0. The minimum atomic E-state index is 0.696. The zero-order valence-corrected chi connectivity index (χ0v) is 27.1. The van der Waals surface area contributed by atoms with E-state index in [0.29, 0.717) is 5.82 Å². The summed E-state index contributed by atoms with van der Waals surface area (Å²) in [6, 6.07) is 64.2. The van der Waals surface area contributed by atoms with E-state index in [2.05, 4.69) is 167 Å². The summed E-state index contributed by atoms with van der Waals surface area (Å²) in [6.07, 6.45) is 0. The molecule has 234 valence electrons. The molecule has 50 heavy (non-hydrogen) atoms. The second-order valence-electron chi connectivity index (χ2n) is 12.6. The van der Waals surface area contributed by atoms with E-state index in [0.717, 1.165) is 39.4 Å². The van der Waals surface area contributed by atoms with Gasteiger partial charge in [-0.3, -0.25) is 4.57 Å². The fourth-order valence-electron chi connectivity index (χ4n) is 7.48. The van der Waals surface area contributed by atoms with E-state index in [4.69, 9.17) is 9.97 Å². The Morgan fingerprint density at radius 1 is 0.360 bits per heavy atom. The third-order valence-corrected chi connectivity index (χ3v) is 9.75. The molecule has 0 aliphatic heterocycles. The van der Waals surface area contributed by atoms with Gasteiger partial charge in [0.05, 0.1) is 27.8 Å². The molecule has 0 amide bonds. The Bertz CT molecular complexity index is 2770. The third kappa shape index (κ3) is 4.46. The molecule has 0 radical (unpaired) electrons. The van der Waals surface area contributed by atoms with E-state index in [-0.39, 0.29) is 0 Å². The molecule has 0 aliphatic rings. The highest BCUT2D eigenvalue weighted by Gasteiger charge is 2.22. The van der Waals surface area contributed by atoms with Crippen molar-refractivity contribution in [3.05, 3.63) is 182 Å². The number of nitrogens with zero attached hydrogens (tertiary/aromatic N) is 4. The normalized spacial score (nSPS) is 11.6. The topological polar surface area (TPSA) is 35.6 Å². The summed E-state index contributed by atoms with van der Waals surface area (Å²) in [4.78, 5) is 10.3. The summed E-state index contributed by atoms with van der Waals surface area (Å²) in [5.41, 5.74) is 11.0. The summed E-state index contributed by atoms with van der Waals surface area (Å²) >= 11 is 0. The standard InChI is InChI=1S/C46H30N4/c1-4-14-31(15-5-1)32-24-26-35(27-25-32)49-40-22-12-10-20-36(40)37-28-29-42-44(45(37)49)38-21-11-13-23-41(38)50(42)43-30-39(33-16-6-2-7-17-33)47-46(48-43)34-18-8-3-9-19-34/h1-30H. The molecule has 10 aromatic rings. The lowest BCUT2D eigenvalue weighted by Gasteiger charge is -2.12. The first-order chi connectivity index (χ1) is 24.8. The Morgan fingerprint density at radius 2 is 0.920 bits per heavy atom. The van der Waals surface area contributed by atoms with Crippen molar-refractivity contribution >= 4 is 43.6 Å². The van der Waals surface area contributed by atoms with Crippen LogP contribution in [0.2, 0.25) is 0 Å². The second-order valence-corrected chi connectivity index (χ2v) is 12.6. The molecule has 0 saturated carbocycles. The van der Waals surface area contributed by atoms with Crippen molar-refractivity contribution in [2.75, 3.05) is 0 Å². The zero-order valence-electron chi connectivity index (χ0n) is 27.1. The summed E-state index contributed by atoms with van der Waals surface area (Å²) in [5, 5.41) is 4.83. The van der Waals surface area contributed by atoms with Gasteiger partial charge >= 0.3 is 0 Å². The van der Waals surface area contributed by atoms with Gasteiger partial charge in [0.2, 0.25) is 0 Å².